The van der Waals surface area contributed by atoms with E-state index >= 15 is 0 Å². The molecule has 1 aliphatic rings. The lowest BCUT2D eigenvalue weighted by Crippen LogP contribution is -2.60. The average Bonchev–Trinajstić information content (AvgIpc) is 3.90. The molecule has 0 saturated carbocycles. The number of imidazole rings is 1. The van der Waals surface area contributed by atoms with E-state index in [0.29, 0.717) is 17.7 Å². The number of aromatic amines is 1. The maximum Gasteiger partial charge on any atom is 0.326 e. The molecule has 1 fully saturated rings. The molecule has 1 aliphatic heterocycles. The summed E-state index contributed by atoms with van der Waals surface area (Å²) in [6.07, 6.45) is 0.999. The van der Waals surface area contributed by atoms with Crippen LogP contribution in [0.3, 0.4) is 0 Å². The Balaban J connectivity index is 1.85. The Hall–Kier alpha value is -6.42. The van der Waals surface area contributed by atoms with Crippen molar-refractivity contribution in [3.05, 3.63) is 54.1 Å². The zero-order valence-electron chi connectivity index (χ0n) is 33.2. The van der Waals surface area contributed by atoms with Gasteiger partial charge in [0.05, 0.1) is 19.4 Å². The van der Waals surface area contributed by atoms with Gasteiger partial charge < -0.3 is 62.6 Å². The summed E-state index contributed by atoms with van der Waals surface area (Å²) < 4.78 is 0. The van der Waals surface area contributed by atoms with Crippen molar-refractivity contribution < 1.29 is 63.6 Å². The summed E-state index contributed by atoms with van der Waals surface area (Å²) in [6.45, 7) is 2.80. The van der Waals surface area contributed by atoms with Gasteiger partial charge in [-0.15, -0.1) is 0 Å². The molecule has 1 saturated heterocycles. The number of likely N-dealkylation sites (tertiary alicyclic amines) is 1. The Kier molecular flexibility index (Phi) is 18.6. The zero-order valence-corrected chi connectivity index (χ0v) is 33.2. The van der Waals surface area contributed by atoms with Gasteiger partial charge in [-0.1, -0.05) is 44.2 Å². The lowest BCUT2D eigenvalue weighted by Gasteiger charge is -2.31. The first-order chi connectivity index (χ1) is 28.4. The first-order valence-electron chi connectivity index (χ1n) is 19.3. The smallest absolute Gasteiger partial charge is 0.326 e. The maximum absolute atomic E-state index is 14.1. The third kappa shape index (κ3) is 15.1. The Labute approximate surface area is 344 Å². The largest absolute Gasteiger partial charge is 0.481 e. The van der Waals surface area contributed by atoms with Gasteiger partial charge in [-0.2, -0.15) is 0 Å². The molecule has 328 valence electrons. The number of hydrogen-bond acceptors (Lipinski definition) is 12. The van der Waals surface area contributed by atoms with Crippen LogP contribution in [0, 0.1) is 5.92 Å². The molecular formula is C38H53N9O13. The van der Waals surface area contributed by atoms with Crippen molar-refractivity contribution in [2.24, 2.45) is 11.7 Å². The summed E-state index contributed by atoms with van der Waals surface area (Å²) in [4.78, 5) is 124. The van der Waals surface area contributed by atoms with E-state index < -0.39 is 122 Å². The molecule has 0 unspecified atom stereocenters. The van der Waals surface area contributed by atoms with E-state index in [9.17, 15) is 63.6 Å². The van der Waals surface area contributed by atoms with Gasteiger partial charge in [0, 0.05) is 37.7 Å². The lowest BCUT2D eigenvalue weighted by molar-refractivity contribution is -0.144. The van der Waals surface area contributed by atoms with Gasteiger partial charge in [0.1, 0.15) is 42.3 Å². The van der Waals surface area contributed by atoms with Crippen molar-refractivity contribution in [3.63, 3.8) is 0 Å². The molecule has 1 aromatic carbocycles. The van der Waals surface area contributed by atoms with E-state index in [2.05, 4.69) is 36.6 Å². The molecule has 1 aromatic heterocycles. The molecule has 12 N–H and O–H groups in total. The fourth-order valence-electron chi connectivity index (χ4n) is 6.44. The number of carboxylic acids is 3. The van der Waals surface area contributed by atoms with E-state index in [1.54, 1.807) is 44.2 Å². The van der Waals surface area contributed by atoms with Crippen LogP contribution in [0.5, 0.6) is 0 Å². The van der Waals surface area contributed by atoms with Gasteiger partial charge in [0.2, 0.25) is 35.4 Å². The summed E-state index contributed by atoms with van der Waals surface area (Å²) in [5.41, 5.74) is 6.48. The topological polar surface area (TPSA) is 353 Å². The number of rotatable bonds is 24. The monoisotopic (exact) mass is 843 g/mol. The van der Waals surface area contributed by atoms with Crippen LogP contribution in [0.2, 0.25) is 0 Å². The predicted octanol–water partition coefficient (Wildman–Crippen LogP) is -2.60. The number of carbonyl (C=O) groups excluding carboxylic acids is 6. The minimum Gasteiger partial charge on any atom is -0.481 e. The molecule has 2 heterocycles. The minimum absolute atomic E-state index is 0.0444. The number of aliphatic hydroxyl groups excluding tert-OH is 1. The number of aliphatic hydroxyl groups is 1. The van der Waals surface area contributed by atoms with Crippen LogP contribution in [0.15, 0.2) is 42.9 Å². The van der Waals surface area contributed by atoms with Crippen molar-refractivity contribution in [2.75, 3.05) is 13.2 Å². The molecule has 7 atom stereocenters. The van der Waals surface area contributed by atoms with E-state index in [0.717, 1.165) is 0 Å². The second kappa shape index (κ2) is 23.2. The predicted molar refractivity (Wildman–Crippen MR) is 208 cm³/mol. The molecule has 0 bridgehead atoms. The van der Waals surface area contributed by atoms with Crippen molar-refractivity contribution in [2.45, 2.75) is 108 Å². The van der Waals surface area contributed by atoms with Crippen LogP contribution >= 0.6 is 0 Å². The highest BCUT2D eigenvalue weighted by molar-refractivity contribution is 5.98. The highest BCUT2D eigenvalue weighted by Gasteiger charge is 2.40. The molecule has 0 spiro atoms. The van der Waals surface area contributed by atoms with Gasteiger partial charge in [-0.25, -0.2) is 9.78 Å². The van der Waals surface area contributed by atoms with E-state index in [1.807, 2.05) is 0 Å². The molecule has 3 rings (SSSR count). The number of benzene rings is 1. The molecule has 6 amide bonds. The molecule has 0 radical (unpaired) electrons. The summed E-state index contributed by atoms with van der Waals surface area (Å²) >= 11 is 0. The van der Waals surface area contributed by atoms with Gasteiger partial charge in [0.15, 0.2) is 0 Å². The zero-order chi connectivity index (χ0) is 44.5. The Morgan fingerprint density at radius 1 is 0.800 bits per heavy atom. The van der Waals surface area contributed by atoms with Gasteiger partial charge in [-0.3, -0.25) is 38.4 Å². The number of carbonyl (C=O) groups is 9. The standard InChI is InChI=1S/C38H53N9O13/c1-20(2)13-27(45-35(56)26(16-31(51)52)43-32(53)23(39)18-48)37(58)47-12-6-9-29(47)36(57)44-25(14-21-7-4-3-5-8-21)34(55)42-24(10-11-30(49)50)33(54)46-28(38(59)60)15-22-17-40-19-41-22/h3-5,7-8,17,19-20,23-29,48H,6,9-16,18,39H2,1-2H3,(H,40,41)(H,42,55)(H,43,53)(H,44,57)(H,45,56)(H,46,54)(H,49,50)(H,51,52)(H,59,60)/t23-,24-,25-,26-,27-,28-,29-/m0/s1. The fourth-order valence-corrected chi connectivity index (χ4v) is 6.44. The van der Waals surface area contributed by atoms with Gasteiger partial charge >= 0.3 is 17.9 Å². The molecule has 22 heteroatoms. The van der Waals surface area contributed by atoms with Crippen molar-refractivity contribution in [3.8, 4) is 0 Å². The lowest BCUT2D eigenvalue weighted by atomic mass is 10.0. The van der Waals surface area contributed by atoms with Crippen LogP contribution < -0.4 is 32.3 Å². The van der Waals surface area contributed by atoms with Crippen molar-refractivity contribution in [1.29, 1.82) is 0 Å². The third-order valence-corrected chi connectivity index (χ3v) is 9.49. The van der Waals surface area contributed by atoms with E-state index in [4.69, 9.17) is 5.73 Å². The Morgan fingerprint density at radius 2 is 1.42 bits per heavy atom. The summed E-state index contributed by atoms with van der Waals surface area (Å²) in [6, 6.07) is -1.53. The highest BCUT2D eigenvalue weighted by atomic mass is 16.4. The number of carboxylic acid groups (broad SMARTS) is 3. The van der Waals surface area contributed by atoms with Gasteiger partial charge in [0.25, 0.3) is 0 Å². The van der Waals surface area contributed by atoms with Crippen molar-refractivity contribution in [1.82, 2.24) is 41.5 Å². The Bertz CT molecular complexity index is 1830. The first-order valence-corrected chi connectivity index (χ1v) is 19.3. The SMILES string of the molecule is CC(C)C[C@H](NC(=O)[C@H](CC(=O)O)NC(=O)[C@@H](N)CO)C(=O)N1CCC[C@H]1C(=O)N[C@@H](Cc1ccccc1)C(=O)N[C@@H](CCC(=O)O)C(=O)N[C@@H](Cc1cnc[nH]1)C(=O)O. The number of hydrogen-bond donors (Lipinski definition) is 11. The van der Waals surface area contributed by atoms with E-state index in [-0.39, 0.29) is 38.1 Å². The van der Waals surface area contributed by atoms with Crippen LogP contribution in [0.1, 0.15) is 63.6 Å². The van der Waals surface area contributed by atoms with Crippen LogP contribution in [-0.2, 0) is 56.0 Å². The van der Waals surface area contributed by atoms with E-state index in [1.165, 1.54) is 17.4 Å². The van der Waals surface area contributed by atoms with Crippen molar-refractivity contribution >= 4 is 53.4 Å². The maximum atomic E-state index is 14.1. The fraction of sp³-hybridized carbons (Fsp3) is 0.526. The summed E-state index contributed by atoms with van der Waals surface area (Å²) in [5, 5.41) is 49.9. The van der Waals surface area contributed by atoms with Crippen LogP contribution in [0.4, 0.5) is 0 Å². The highest BCUT2D eigenvalue weighted by Crippen LogP contribution is 2.21. The summed E-state index contributed by atoms with van der Waals surface area (Å²) in [7, 11) is 0. The number of aliphatic carboxylic acids is 3. The molecule has 2 aromatic rings. The molecule has 0 aliphatic carbocycles. The van der Waals surface area contributed by atoms with Crippen LogP contribution in [0.25, 0.3) is 0 Å². The minimum atomic E-state index is -1.67. The summed E-state index contributed by atoms with van der Waals surface area (Å²) in [5.74, 6) is -9.74. The first kappa shape index (κ1) is 48.0. The number of amides is 6. The number of nitrogens with one attached hydrogen (secondary N) is 6. The second-order valence-corrected chi connectivity index (χ2v) is 14.8. The number of H-pyrrole nitrogens is 1. The number of aromatic nitrogens is 2. The quantitative estimate of drug-likeness (QED) is 0.0516. The normalized spacial score (nSPS) is 16.6. The molecular weight excluding hydrogens is 790 g/mol. The van der Waals surface area contributed by atoms with Gasteiger partial charge in [-0.05, 0) is 37.2 Å². The molecule has 22 nitrogen and oxygen atoms in total. The van der Waals surface area contributed by atoms with Crippen LogP contribution in [-0.4, -0.2) is 144 Å². The number of nitrogens with two attached hydrogens (primary N) is 1. The second-order valence-electron chi connectivity index (χ2n) is 14.8. The molecule has 60 heavy (non-hydrogen) atoms. The third-order valence-electron chi connectivity index (χ3n) is 9.49. The average molecular weight is 844 g/mol. The number of nitrogens with zero attached hydrogens (tertiary/aromatic N) is 2. The Morgan fingerprint density at radius 3 is 2.00 bits per heavy atom.